The zero-order chi connectivity index (χ0) is 14.4. The van der Waals surface area contributed by atoms with Crippen LogP contribution < -0.4 is 10.1 Å². The number of ether oxygens (including phenoxy) is 1. The molecule has 1 saturated carbocycles. The maximum absolute atomic E-state index is 10.0. The van der Waals surface area contributed by atoms with E-state index in [9.17, 15) is 5.11 Å². The Morgan fingerprint density at radius 3 is 2.80 bits per heavy atom. The first-order valence-corrected chi connectivity index (χ1v) is 8.18. The number of hydrogen-bond donors (Lipinski definition) is 2. The van der Waals surface area contributed by atoms with E-state index in [1.54, 1.807) is 0 Å². The van der Waals surface area contributed by atoms with Gasteiger partial charge in [-0.3, -0.25) is 0 Å². The molecule has 1 aliphatic carbocycles. The molecule has 2 rings (SSSR count). The highest BCUT2D eigenvalue weighted by atomic mass is 79.9. The van der Waals surface area contributed by atoms with Crippen molar-refractivity contribution in [3.63, 3.8) is 0 Å². The van der Waals surface area contributed by atoms with Gasteiger partial charge < -0.3 is 15.2 Å². The van der Waals surface area contributed by atoms with Crippen LogP contribution in [0.5, 0.6) is 5.75 Å². The number of hydrogen-bond acceptors (Lipinski definition) is 3. The van der Waals surface area contributed by atoms with Crippen molar-refractivity contribution in [3.8, 4) is 5.75 Å². The molecular formula is C16H24BrNO2. The van der Waals surface area contributed by atoms with Crippen LogP contribution in [0, 0.1) is 0 Å². The van der Waals surface area contributed by atoms with Crippen molar-refractivity contribution in [1.82, 2.24) is 5.32 Å². The number of aliphatic hydroxyl groups is 1. The van der Waals surface area contributed by atoms with E-state index >= 15 is 0 Å². The maximum Gasteiger partial charge on any atom is 0.120 e. The molecule has 1 aromatic rings. The number of benzene rings is 1. The highest BCUT2D eigenvalue weighted by Crippen LogP contribution is 2.27. The van der Waals surface area contributed by atoms with Gasteiger partial charge in [0.25, 0.3) is 0 Å². The molecule has 4 heteroatoms. The Hall–Kier alpha value is -0.580. The van der Waals surface area contributed by atoms with E-state index in [2.05, 4.69) is 28.2 Å². The molecule has 3 nitrogen and oxygen atoms in total. The van der Waals surface area contributed by atoms with Gasteiger partial charge in [0.15, 0.2) is 0 Å². The van der Waals surface area contributed by atoms with Crippen LogP contribution in [0.2, 0.25) is 0 Å². The highest BCUT2D eigenvalue weighted by molar-refractivity contribution is 9.10. The van der Waals surface area contributed by atoms with Crippen molar-refractivity contribution >= 4 is 15.9 Å². The van der Waals surface area contributed by atoms with Crippen molar-refractivity contribution in [1.29, 1.82) is 0 Å². The van der Waals surface area contributed by atoms with Gasteiger partial charge in [-0.15, -0.1) is 0 Å². The second-order valence-electron chi connectivity index (χ2n) is 5.92. The zero-order valence-corrected chi connectivity index (χ0v) is 13.7. The number of β-amino-alcohol motifs (C(OH)–C–C–N with tert-alkyl or cyclic N) is 1. The molecule has 112 valence electrons. The number of rotatable bonds is 6. The van der Waals surface area contributed by atoms with E-state index in [1.807, 2.05) is 24.3 Å². The van der Waals surface area contributed by atoms with Crippen LogP contribution in [-0.4, -0.2) is 29.9 Å². The average molecular weight is 342 g/mol. The van der Waals surface area contributed by atoms with E-state index in [4.69, 9.17) is 4.74 Å². The van der Waals surface area contributed by atoms with Crippen molar-refractivity contribution in [2.24, 2.45) is 0 Å². The lowest BCUT2D eigenvalue weighted by atomic mass is 9.83. The Balaban J connectivity index is 1.71. The molecule has 1 aliphatic rings. The predicted octanol–water partition coefficient (Wildman–Crippen LogP) is 3.50. The van der Waals surface area contributed by atoms with Gasteiger partial charge in [0.2, 0.25) is 0 Å². The molecule has 0 heterocycles. The van der Waals surface area contributed by atoms with Crippen LogP contribution >= 0.6 is 15.9 Å². The topological polar surface area (TPSA) is 41.5 Å². The molecule has 0 saturated heterocycles. The van der Waals surface area contributed by atoms with Gasteiger partial charge >= 0.3 is 0 Å². The SMILES string of the molecule is CC1(NCC(O)COc2cccc(Br)c2)CCCCC1. The smallest absolute Gasteiger partial charge is 0.120 e. The Bertz CT molecular complexity index is 419. The van der Waals surface area contributed by atoms with Gasteiger partial charge in [-0.2, -0.15) is 0 Å². The van der Waals surface area contributed by atoms with E-state index in [-0.39, 0.29) is 5.54 Å². The largest absolute Gasteiger partial charge is 0.491 e. The Morgan fingerprint density at radius 2 is 2.10 bits per heavy atom. The second kappa shape index (κ2) is 7.43. The molecule has 0 spiro atoms. The monoisotopic (exact) mass is 341 g/mol. The van der Waals surface area contributed by atoms with E-state index < -0.39 is 6.10 Å². The summed E-state index contributed by atoms with van der Waals surface area (Å²) in [7, 11) is 0. The molecule has 0 amide bonds. The maximum atomic E-state index is 10.0. The van der Waals surface area contributed by atoms with Crippen molar-refractivity contribution in [3.05, 3.63) is 28.7 Å². The van der Waals surface area contributed by atoms with Crippen LogP contribution in [0.15, 0.2) is 28.7 Å². The average Bonchev–Trinajstić information content (AvgIpc) is 2.44. The fourth-order valence-electron chi connectivity index (χ4n) is 2.68. The lowest BCUT2D eigenvalue weighted by molar-refractivity contribution is 0.0930. The van der Waals surface area contributed by atoms with Crippen LogP contribution in [0.3, 0.4) is 0 Å². The van der Waals surface area contributed by atoms with Gasteiger partial charge in [-0.25, -0.2) is 0 Å². The predicted molar refractivity (Wildman–Crippen MR) is 85.1 cm³/mol. The van der Waals surface area contributed by atoms with Gasteiger partial charge in [-0.1, -0.05) is 41.3 Å². The number of halogens is 1. The zero-order valence-electron chi connectivity index (χ0n) is 12.1. The molecule has 20 heavy (non-hydrogen) atoms. The summed E-state index contributed by atoms with van der Waals surface area (Å²) in [5.74, 6) is 0.780. The molecule has 1 unspecified atom stereocenters. The van der Waals surface area contributed by atoms with Crippen LogP contribution in [0.4, 0.5) is 0 Å². The van der Waals surface area contributed by atoms with Crippen LogP contribution in [0.1, 0.15) is 39.0 Å². The van der Waals surface area contributed by atoms with Gasteiger partial charge in [0.05, 0.1) is 0 Å². The summed E-state index contributed by atoms with van der Waals surface area (Å²) in [4.78, 5) is 0. The fraction of sp³-hybridized carbons (Fsp3) is 0.625. The Kier molecular flexibility index (Phi) is 5.87. The quantitative estimate of drug-likeness (QED) is 0.831. The molecule has 0 aromatic heterocycles. The lowest BCUT2D eigenvalue weighted by Gasteiger charge is -2.35. The molecule has 2 N–H and O–H groups in total. The molecule has 0 radical (unpaired) electrons. The van der Waals surface area contributed by atoms with Gasteiger partial charge in [-0.05, 0) is 38.0 Å². The molecule has 1 fully saturated rings. The summed E-state index contributed by atoms with van der Waals surface area (Å²) in [6, 6.07) is 7.68. The third-order valence-electron chi connectivity index (χ3n) is 3.96. The van der Waals surface area contributed by atoms with E-state index in [0.717, 1.165) is 10.2 Å². The minimum Gasteiger partial charge on any atom is -0.491 e. The summed E-state index contributed by atoms with van der Waals surface area (Å²) in [5, 5.41) is 13.5. The first kappa shape index (κ1) is 15.8. The third-order valence-corrected chi connectivity index (χ3v) is 4.45. The number of nitrogens with one attached hydrogen (secondary N) is 1. The molecule has 0 bridgehead atoms. The summed E-state index contributed by atoms with van der Waals surface area (Å²) in [5.41, 5.74) is 0.189. The lowest BCUT2D eigenvalue weighted by Crippen LogP contribution is -2.48. The first-order valence-electron chi connectivity index (χ1n) is 7.39. The van der Waals surface area contributed by atoms with Crippen molar-refractivity contribution in [2.45, 2.75) is 50.7 Å². The molecule has 1 aromatic carbocycles. The summed E-state index contributed by atoms with van der Waals surface area (Å²) >= 11 is 3.40. The van der Waals surface area contributed by atoms with Crippen molar-refractivity contribution < 1.29 is 9.84 Å². The third kappa shape index (κ3) is 5.08. The van der Waals surface area contributed by atoms with Crippen LogP contribution in [0.25, 0.3) is 0 Å². The Labute approximate surface area is 129 Å². The van der Waals surface area contributed by atoms with Crippen LogP contribution in [-0.2, 0) is 0 Å². The van der Waals surface area contributed by atoms with Crippen molar-refractivity contribution in [2.75, 3.05) is 13.2 Å². The fourth-order valence-corrected chi connectivity index (χ4v) is 3.06. The van der Waals surface area contributed by atoms with E-state index in [0.29, 0.717) is 13.2 Å². The van der Waals surface area contributed by atoms with E-state index in [1.165, 1.54) is 32.1 Å². The minimum atomic E-state index is -0.479. The standard InChI is InChI=1S/C16H24BrNO2/c1-16(8-3-2-4-9-16)18-11-14(19)12-20-15-7-5-6-13(17)10-15/h5-7,10,14,18-19H,2-4,8-9,11-12H2,1H3. The summed E-state index contributed by atoms with van der Waals surface area (Å²) < 4.78 is 6.59. The summed E-state index contributed by atoms with van der Waals surface area (Å²) in [6.45, 7) is 3.16. The van der Waals surface area contributed by atoms with Gasteiger partial charge in [0, 0.05) is 16.6 Å². The van der Waals surface area contributed by atoms with Gasteiger partial charge in [0.1, 0.15) is 18.5 Å². The molecular weight excluding hydrogens is 318 g/mol. The molecule has 0 aliphatic heterocycles. The molecule has 1 atom stereocenters. The Morgan fingerprint density at radius 1 is 1.35 bits per heavy atom. The summed E-state index contributed by atoms with van der Waals surface area (Å²) in [6.07, 6.45) is 5.83. The first-order chi connectivity index (χ1) is 9.57. The normalized spacial score (nSPS) is 19.6. The number of aliphatic hydroxyl groups excluding tert-OH is 1. The second-order valence-corrected chi connectivity index (χ2v) is 6.84. The highest BCUT2D eigenvalue weighted by Gasteiger charge is 2.26. The minimum absolute atomic E-state index is 0.189.